The van der Waals surface area contributed by atoms with E-state index in [1.165, 1.54) is 0 Å². The average molecular weight is 264 g/mol. The van der Waals surface area contributed by atoms with Crippen LogP contribution >= 0.6 is 0 Å². The van der Waals surface area contributed by atoms with Gasteiger partial charge in [-0.2, -0.15) is 0 Å². The van der Waals surface area contributed by atoms with Crippen molar-refractivity contribution in [3.05, 3.63) is 28.8 Å². The molecule has 1 aromatic carbocycles. The molecule has 0 spiro atoms. The maximum absolute atomic E-state index is 12.2. The zero-order valence-electron chi connectivity index (χ0n) is 13.0. The van der Waals surface area contributed by atoms with Gasteiger partial charge in [0.05, 0.1) is 13.0 Å². The molecule has 0 radical (unpaired) electrons. The van der Waals surface area contributed by atoms with Crippen LogP contribution in [0.3, 0.4) is 0 Å². The molecule has 0 aliphatic carbocycles. The molecule has 0 aromatic heterocycles. The van der Waals surface area contributed by atoms with Crippen molar-refractivity contribution in [3.63, 3.8) is 0 Å². The molecule has 0 N–H and O–H groups in total. The summed E-state index contributed by atoms with van der Waals surface area (Å²) in [5.41, 5.74) is 2.60. The predicted octanol–water partition coefficient (Wildman–Crippen LogP) is 3.76. The molecule has 1 atom stereocenters. The Kier molecular flexibility index (Phi) is 4.61. The second-order valence-electron chi connectivity index (χ2n) is 5.95. The molecular formula is C16H24O3. The molecule has 0 bridgehead atoms. The maximum Gasteiger partial charge on any atom is 0.313 e. The third-order valence-corrected chi connectivity index (χ3v) is 2.91. The van der Waals surface area contributed by atoms with Gasteiger partial charge in [-0.1, -0.05) is 6.07 Å². The fourth-order valence-electron chi connectivity index (χ4n) is 2.17. The topological polar surface area (TPSA) is 35.5 Å². The van der Waals surface area contributed by atoms with E-state index in [0.29, 0.717) is 0 Å². The van der Waals surface area contributed by atoms with Gasteiger partial charge in [-0.3, -0.25) is 4.79 Å². The lowest BCUT2D eigenvalue weighted by molar-refractivity contribution is -0.156. The van der Waals surface area contributed by atoms with E-state index in [4.69, 9.17) is 9.47 Å². The molecular weight excluding hydrogens is 240 g/mol. The van der Waals surface area contributed by atoms with Crippen molar-refractivity contribution >= 4 is 5.97 Å². The van der Waals surface area contributed by atoms with Gasteiger partial charge in [0.15, 0.2) is 0 Å². The average Bonchev–Trinajstić information content (AvgIpc) is 2.24. The highest BCUT2D eigenvalue weighted by molar-refractivity contribution is 5.79. The standard InChI is InChI=1S/C16H24O3/c1-10-8-11(2)14(13(9-10)18-7)12(3)15(17)19-16(4,5)6/h8-9,12H,1-7H3. The Morgan fingerprint density at radius 2 is 1.79 bits per heavy atom. The van der Waals surface area contributed by atoms with E-state index >= 15 is 0 Å². The number of hydrogen-bond donors (Lipinski definition) is 0. The zero-order valence-corrected chi connectivity index (χ0v) is 13.0. The highest BCUT2D eigenvalue weighted by Gasteiger charge is 2.26. The van der Waals surface area contributed by atoms with Gasteiger partial charge in [0, 0.05) is 5.56 Å². The zero-order chi connectivity index (χ0) is 14.8. The molecule has 0 saturated heterocycles. The monoisotopic (exact) mass is 264 g/mol. The van der Waals surface area contributed by atoms with Crippen molar-refractivity contribution in [3.8, 4) is 5.75 Å². The van der Waals surface area contributed by atoms with Crippen molar-refractivity contribution in [1.82, 2.24) is 0 Å². The van der Waals surface area contributed by atoms with E-state index in [-0.39, 0.29) is 11.9 Å². The Balaban J connectivity index is 3.12. The summed E-state index contributed by atoms with van der Waals surface area (Å²) in [6.07, 6.45) is 0. The molecule has 0 amide bonds. The summed E-state index contributed by atoms with van der Waals surface area (Å²) in [5.74, 6) is 0.184. The largest absolute Gasteiger partial charge is 0.496 e. The highest BCUT2D eigenvalue weighted by Crippen LogP contribution is 2.32. The van der Waals surface area contributed by atoms with Crippen LogP contribution in [0.4, 0.5) is 0 Å². The molecule has 0 fully saturated rings. The first-order valence-electron chi connectivity index (χ1n) is 6.53. The van der Waals surface area contributed by atoms with Crippen LogP contribution in [0, 0.1) is 13.8 Å². The molecule has 19 heavy (non-hydrogen) atoms. The van der Waals surface area contributed by atoms with Crippen molar-refractivity contribution in [1.29, 1.82) is 0 Å². The molecule has 0 aliphatic rings. The summed E-state index contributed by atoms with van der Waals surface area (Å²) in [7, 11) is 1.62. The first-order valence-corrected chi connectivity index (χ1v) is 6.53. The molecule has 0 heterocycles. The lowest BCUT2D eigenvalue weighted by atomic mass is 9.93. The summed E-state index contributed by atoms with van der Waals surface area (Å²) >= 11 is 0. The Labute approximate surface area is 115 Å². The van der Waals surface area contributed by atoms with Gasteiger partial charge in [0.25, 0.3) is 0 Å². The number of esters is 1. The fourth-order valence-corrected chi connectivity index (χ4v) is 2.17. The molecule has 0 saturated carbocycles. The summed E-state index contributed by atoms with van der Waals surface area (Å²) in [5, 5.41) is 0. The summed E-state index contributed by atoms with van der Waals surface area (Å²) in [6, 6.07) is 4.00. The third-order valence-electron chi connectivity index (χ3n) is 2.91. The summed E-state index contributed by atoms with van der Waals surface area (Å²) in [4.78, 5) is 12.2. The number of rotatable bonds is 3. The van der Waals surface area contributed by atoms with Crippen LogP contribution in [0.15, 0.2) is 12.1 Å². The minimum absolute atomic E-state index is 0.224. The molecule has 3 heteroatoms. The number of benzene rings is 1. The van der Waals surface area contributed by atoms with Crippen molar-refractivity contribution < 1.29 is 14.3 Å². The Bertz CT molecular complexity index is 470. The van der Waals surface area contributed by atoms with E-state index in [0.717, 1.165) is 22.4 Å². The molecule has 0 aliphatic heterocycles. The van der Waals surface area contributed by atoms with Gasteiger partial charge in [0.1, 0.15) is 11.4 Å². The normalized spacial score (nSPS) is 13.0. The minimum atomic E-state index is -0.475. The second kappa shape index (κ2) is 5.64. The SMILES string of the molecule is COc1cc(C)cc(C)c1C(C)C(=O)OC(C)(C)C. The summed E-state index contributed by atoms with van der Waals surface area (Å²) in [6.45, 7) is 11.5. The number of ether oxygens (including phenoxy) is 2. The number of carbonyl (C=O) groups excluding carboxylic acids is 1. The number of methoxy groups -OCH3 is 1. The molecule has 1 aromatic rings. The van der Waals surface area contributed by atoms with E-state index in [1.54, 1.807) is 7.11 Å². The third kappa shape index (κ3) is 3.98. The van der Waals surface area contributed by atoms with Crippen LogP contribution < -0.4 is 4.74 Å². The Morgan fingerprint density at radius 3 is 2.26 bits per heavy atom. The van der Waals surface area contributed by atoms with E-state index in [2.05, 4.69) is 6.07 Å². The molecule has 1 rings (SSSR count). The van der Waals surface area contributed by atoms with Gasteiger partial charge in [-0.05, 0) is 58.7 Å². The van der Waals surface area contributed by atoms with Crippen LogP contribution in [0.5, 0.6) is 5.75 Å². The lowest BCUT2D eigenvalue weighted by Crippen LogP contribution is -2.27. The summed E-state index contributed by atoms with van der Waals surface area (Å²) < 4.78 is 10.8. The first kappa shape index (κ1) is 15.5. The van der Waals surface area contributed by atoms with Gasteiger partial charge in [-0.15, -0.1) is 0 Å². The van der Waals surface area contributed by atoms with Gasteiger partial charge < -0.3 is 9.47 Å². The van der Waals surface area contributed by atoms with E-state index in [1.807, 2.05) is 47.6 Å². The van der Waals surface area contributed by atoms with Gasteiger partial charge in [-0.25, -0.2) is 0 Å². The van der Waals surface area contributed by atoms with Crippen LogP contribution in [-0.4, -0.2) is 18.7 Å². The predicted molar refractivity (Wildman–Crippen MR) is 76.7 cm³/mol. The van der Waals surface area contributed by atoms with Crippen LogP contribution in [-0.2, 0) is 9.53 Å². The first-order chi connectivity index (χ1) is 8.65. The number of aryl methyl sites for hydroxylation is 2. The van der Waals surface area contributed by atoms with Crippen molar-refractivity contribution in [2.24, 2.45) is 0 Å². The van der Waals surface area contributed by atoms with E-state index in [9.17, 15) is 4.79 Å². The molecule has 106 valence electrons. The lowest BCUT2D eigenvalue weighted by Gasteiger charge is -2.24. The van der Waals surface area contributed by atoms with Crippen molar-refractivity contribution in [2.45, 2.75) is 53.1 Å². The number of hydrogen-bond acceptors (Lipinski definition) is 3. The van der Waals surface area contributed by atoms with Crippen LogP contribution in [0.2, 0.25) is 0 Å². The smallest absolute Gasteiger partial charge is 0.313 e. The molecule has 1 unspecified atom stereocenters. The fraction of sp³-hybridized carbons (Fsp3) is 0.562. The minimum Gasteiger partial charge on any atom is -0.496 e. The van der Waals surface area contributed by atoms with Crippen molar-refractivity contribution in [2.75, 3.05) is 7.11 Å². The van der Waals surface area contributed by atoms with Gasteiger partial charge in [0.2, 0.25) is 0 Å². The highest BCUT2D eigenvalue weighted by atomic mass is 16.6. The van der Waals surface area contributed by atoms with Crippen LogP contribution in [0.1, 0.15) is 50.3 Å². The second-order valence-corrected chi connectivity index (χ2v) is 5.95. The van der Waals surface area contributed by atoms with Gasteiger partial charge >= 0.3 is 5.97 Å². The van der Waals surface area contributed by atoms with E-state index < -0.39 is 5.60 Å². The Morgan fingerprint density at radius 1 is 1.21 bits per heavy atom. The van der Waals surface area contributed by atoms with Crippen LogP contribution in [0.25, 0.3) is 0 Å². The quantitative estimate of drug-likeness (QED) is 0.780. The molecule has 3 nitrogen and oxygen atoms in total. The number of carbonyl (C=O) groups is 1. The maximum atomic E-state index is 12.2. The Hall–Kier alpha value is -1.51.